The van der Waals surface area contributed by atoms with Gasteiger partial charge in [0, 0.05) is 60.9 Å². The number of nitrogens with two attached hydrogens (primary N) is 1. The van der Waals surface area contributed by atoms with Crippen LogP contribution in [-0.2, 0) is 19.0 Å². The molecule has 10 nitrogen and oxygen atoms in total. The summed E-state index contributed by atoms with van der Waals surface area (Å²) in [5.74, 6) is -0.107. The number of rotatable bonds is 15. The third kappa shape index (κ3) is 10.0. The first kappa shape index (κ1) is 36.9. The molecule has 1 amide bonds. The molecule has 0 unspecified atom stereocenters. The van der Waals surface area contributed by atoms with Crippen LogP contribution in [0, 0.1) is 5.82 Å². The molecule has 258 valence electrons. The topological polar surface area (TPSA) is 114 Å². The molecule has 4 rings (SSSR count). The summed E-state index contributed by atoms with van der Waals surface area (Å²) >= 11 is 12.4. The Labute approximate surface area is 286 Å². The summed E-state index contributed by atoms with van der Waals surface area (Å²) in [4.78, 5) is 19.0. The third-order valence-electron chi connectivity index (χ3n) is 8.62. The first-order valence-corrected chi connectivity index (χ1v) is 16.6. The number of aromatic nitrogens is 3. The Hall–Kier alpha value is -2.96. The summed E-state index contributed by atoms with van der Waals surface area (Å²) < 4.78 is 39.3. The Morgan fingerprint density at radius 1 is 1.09 bits per heavy atom. The summed E-state index contributed by atoms with van der Waals surface area (Å²) in [5.41, 5.74) is 7.44. The molecular formula is C34H46Cl2FN5O5. The number of piperidine rings is 1. The normalized spacial score (nSPS) is 15.2. The smallest absolute Gasteiger partial charge is 0.248 e. The van der Waals surface area contributed by atoms with Crippen molar-refractivity contribution in [2.45, 2.75) is 83.6 Å². The Kier molecular flexibility index (Phi) is 12.5. The second kappa shape index (κ2) is 16.0. The molecule has 1 atom stereocenters. The van der Waals surface area contributed by atoms with Crippen LogP contribution in [0.1, 0.15) is 78.0 Å². The lowest BCUT2D eigenvalue weighted by Gasteiger charge is -2.32. The number of pyridine rings is 1. The van der Waals surface area contributed by atoms with Crippen molar-refractivity contribution in [3.05, 3.63) is 58.2 Å². The Morgan fingerprint density at radius 2 is 1.79 bits per heavy atom. The molecule has 2 aromatic heterocycles. The van der Waals surface area contributed by atoms with Gasteiger partial charge in [-0.25, -0.2) is 9.37 Å². The number of carbonyl (C=O) groups is 1. The van der Waals surface area contributed by atoms with Crippen LogP contribution in [0.5, 0.6) is 5.75 Å². The largest absolute Gasteiger partial charge is 0.482 e. The van der Waals surface area contributed by atoms with Crippen LogP contribution in [0.15, 0.2) is 36.8 Å². The minimum absolute atomic E-state index is 0.0132. The number of carbonyl (C=O) groups excluding carboxylic acids is 1. The van der Waals surface area contributed by atoms with Gasteiger partial charge in [-0.15, -0.1) is 0 Å². The van der Waals surface area contributed by atoms with E-state index in [-0.39, 0.29) is 45.6 Å². The average Bonchev–Trinajstić information content (AvgIpc) is 3.53. The molecule has 1 aliphatic heterocycles. The van der Waals surface area contributed by atoms with Gasteiger partial charge in [-0.1, -0.05) is 23.2 Å². The van der Waals surface area contributed by atoms with Crippen molar-refractivity contribution in [1.29, 1.82) is 0 Å². The first-order valence-electron chi connectivity index (χ1n) is 15.8. The van der Waals surface area contributed by atoms with Crippen molar-refractivity contribution in [3.8, 4) is 16.9 Å². The third-order valence-corrected chi connectivity index (χ3v) is 9.33. The molecule has 0 aliphatic carbocycles. The van der Waals surface area contributed by atoms with Crippen LogP contribution in [0.4, 0.5) is 10.2 Å². The van der Waals surface area contributed by atoms with Crippen LogP contribution in [0.25, 0.3) is 11.1 Å². The lowest BCUT2D eigenvalue weighted by molar-refractivity contribution is -0.138. The van der Waals surface area contributed by atoms with E-state index >= 15 is 0 Å². The zero-order valence-electron chi connectivity index (χ0n) is 28.0. The lowest BCUT2D eigenvalue weighted by Crippen LogP contribution is -2.41. The molecule has 0 saturated carbocycles. The zero-order valence-corrected chi connectivity index (χ0v) is 29.5. The van der Waals surface area contributed by atoms with E-state index in [2.05, 4.69) is 10.1 Å². The molecule has 3 heterocycles. The summed E-state index contributed by atoms with van der Waals surface area (Å²) in [5, 5.41) is 4.79. The number of anilines is 1. The standard InChI is InChI=1S/C34H46Cl2FN5O5/c1-22(30-26(35)7-8-27(37)31(30)36)47-28-17-23(18-39-32(28)38)24-19-40-42(20-24)25-9-13-41(14-10-25)29(43)21-45-15-11-34(4,5)46-16-12-33(2,3)44-6/h7-8,17-20,22,25H,9-16,21H2,1-6H3,(H2,38,39)/t22-/m1/s1. The molecule has 1 aliphatic rings. The molecule has 0 spiro atoms. The Bertz CT molecular complexity index is 1510. The van der Waals surface area contributed by atoms with Gasteiger partial charge in [-0.05, 0) is 78.5 Å². The van der Waals surface area contributed by atoms with E-state index in [1.54, 1.807) is 32.5 Å². The Balaban J connectivity index is 1.25. The van der Waals surface area contributed by atoms with Crippen LogP contribution < -0.4 is 10.5 Å². The van der Waals surface area contributed by atoms with Crippen molar-refractivity contribution in [3.63, 3.8) is 0 Å². The van der Waals surface area contributed by atoms with Gasteiger partial charge in [-0.2, -0.15) is 5.10 Å². The van der Waals surface area contributed by atoms with Gasteiger partial charge in [0.05, 0.1) is 35.1 Å². The van der Waals surface area contributed by atoms with Crippen molar-refractivity contribution in [2.75, 3.05) is 45.8 Å². The minimum atomic E-state index is -0.684. The van der Waals surface area contributed by atoms with Gasteiger partial charge in [0.1, 0.15) is 18.5 Å². The molecule has 47 heavy (non-hydrogen) atoms. The number of nitrogens with zero attached hydrogens (tertiary/aromatic N) is 4. The molecule has 1 fully saturated rings. The summed E-state index contributed by atoms with van der Waals surface area (Å²) in [7, 11) is 1.70. The van der Waals surface area contributed by atoms with Gasteiger partial charge >= 0.3 is 0 Å². The van der Waals surface area contributed by atoms with Crippen molar-refractivity contribution < 1.29 is 28.1 Å². The fourth-order valence-electron chi connectivity index (χ4n) is 5.25. The number of halogens is 3. The maximum atomic E-state index is 14.1. The Morgan fingerprint density at radius 3 is 2.49 bits per heavy atom. The van der Waals surface area contributed by atoms with E-state index in [0.29, 0.717) is 44.0 Å². The van der Waals surface area contributed by atoms with Gasteiger partial charge in [0.2, 0.25) is 5.91 Å². The van der Waals surface area contributed by atoms with Gasteiger partial charge in [0.15, 0.2) is 11.6 Å². The van der Waals surface area contributed by atoms with Gasteiger partial charge in [-0.3, -0.25) is 9.48 Å². The molecule has 0 radical (unpaired) electrons. The first-order chi connectivity index (χ1) is 22.2. The average molecular weight is 695 g/mol. The number of hydrogen-bond donors (Lipinski definition) is 1. The van der Waals surface area contributed by atoms with E-state index in [0.717, 1.165) is 30.4 Å². The van der Waals surface area contributed by atoms with E-state index in [4.69, 9.17) is 47.9 Å². The fourth-order valence-corrected chi connectivity index (χ4v) is 5.93. The van der Waals surface area contributed by atoms with E-state index in [9.17, 15) is 9.18 Å². The number of ether oxygens (including phenoxy) is 4. The van der Waals surface area contributed by atoms with E-state index in [1.807, 2.05) is 43.5 Å². The van der Waals surface area contributed by atoms with Crippen LogP contribution >= 0.6 is 23.2 Å². The molecule has 13 heteroatoms. The van der Waals surface area contributed by atoms with Crippen molar-refractivity contribution in [2.24, 2.45) is 0 Å². The highest BCUT2D eigenvalue weighted by Crippen LogP contribution is 2.37. The second-order valence-corrected chi connectivity index (χ2v) is 13.9. The highest BCUT2D eigenvalue weighted by Gasteiger charge is 2.26. The molecule has 1 aromatic carbocycles. The second-order valence-electron chi connectivity index (χ2n) is 13.1. The maximum Gasteiger partial charge on any atom is 0.248 e. The number of likely N-dealkylation sites (tertiary alicyclic amines) is 1. The van der Waals surface area contributed by atoms with Crippen LogP contribution in [0.2, 0.25) is 10.0 Å². The number of nitrogen functional groups attached to an aromatic ring is 1. The quantitative estimate of drug-likeness (QED) is 0.130. The highest BCUT2D eigenvalue weighted by atomic mass is 35.5. The minimum Gasteiger partial charge on any atom is -0.482 e. The predicted molar refractivity (Wildman–Crippen MR) is 181 cm³/mol. The number of amides is 1. The van der Waals surface area contributed by atoms with Gasteiger partial charge < -0.3 is 29.6 Å². The van der Waals surface area contributed by atoms with E-state index < -0.39 is 11.9 Å². The molecule has 1 saturated heterocycles. The summed E-state index contributed by atoms with van der Waals surface area (Å²) in [6.45, 7) is 12.2. The SMILES string of the molecule is COC(C)(C)CCOC(C)(C)CCOCC(=O)N1CCC(n2cc(-c3cnc(N)c(O[C@H](C)c4c(Cl)ccc(F)c4Cl)c3)cn2)CC1. The maximum absolute atomic E-state index is 14.1. The van der Waals surface area contributed by atoms with Crippen LogP contribution in [-0.4, -0.2) is 76.8 Å². The summed E-state index contributed by atoms with van der Waals surface area (Å²) in [6, 6.07) is 4.55. The zero-order chi connectivity index (χ0) is 34.4. The number of hydrogen-bond acceptors (Lipinski definition) is 8. The van der Waals surface area contributed by atoms with Crippen molar-refractivity contribution >= 4 is 34.9 Å². The highest BCUT2D eigenvalue weighted by molar-refractivity contribution is 6.36. The predicted octanol–water partition coefficient (Wildman–Crippen LogP) is 7.29. The van der Waals surface area contributed by atoms with Gasteiger partial charge in [0.25, 0.3) is 0 Å². The monoisotopic (exact) mass is 693 g/mol. The van der Waals surface area contributed by atoms with Crippen LogP contribution in [0.3, 0.4) is 0 Å². The molecular weight excluding hydrogens is 648 g/mol. The number of benzene rings is 1. The molecule has 0 bridgehead atoms. The fraction of sp³-hybridized carbons (Fsp3) is 0.559. The van der Waals surface area contributed by atoms with Crippen molar-refractivity contribution in [1.82, 2.24) is 19.7 Å². The molecule has 2 N–H and O–H groups in total. The summed E-state index contributed by atoms with van der Waals surface area (Å²) in [6.07, 6.45) is 7.69. The van der Waals surface area contributed by atoms with E-state index in [1.165, 1.54) is 12.1 Å². The lowest BCUT2D eigenvalue weighted by atomic mass is 10.0. The molecule has 3 aromatic rings. The number of methoxy groups -OCH3 is 1.